The van der Waals surface area contributed by atoms with E-state index in [1.165, 1.54) is 12.1 Å². The number of amides is 1. The Labute approximate surface area is 140 Å². The fourth-order valence-corrected chi connectivity index (χ4v) is 3.08. The Hall–Kier alpha value is -2.47. The van der Waals surface area contributed by atoms with E-state index in [2.05, 4.69) is 4.98 Å². The monoisotopic (exact) mass is 329 g/mol. The first-order chi connectivity index (χ1) is 11.4. The van der Waals surface area contributed by atoms with Gasteiger partial charge in [0.25, 0.3) is 5.91 Å². The lowest BCUT2D eigenvalue weighted by molar-refractivity contribution is 0.0417. The van der Waals surface area contributed by atoms with Crippen molar-refractivity contribution in [2.75, 3.05) is 32.1 Å². The summed E-state index contributed by atoms with van der Waals surface area (Å²) >= 11 is 0. The van der Waals surface area contributed by atoms with Gasteiger partial charge in [-0.25, -0.2) is 4.39 Å². The Kier molecular flexibility index (Phi) is 4.24. The Morgan fingerprint density at radius 3 is 2.67 bits per heavy atom. The number of aromatic nitrogens is 1. The van der Waals surface area contributed by atoms with E-state index in [1.54, 1.807) is 35.5 Å². The third-order valence-electron chi connectivity index (χ3n) is 4.43. The minimum atomic E-state index is -1.15. The first-order valence-corrected chi connectivity index (χ1v) is 7.80. The van der Waals surface area contributed by atoms with Gasteiger partial charge in [0.2, 0.25) is 0 Å². The minimum absolute atomic E-state index is 0.162. The Bertz CT molecular complexity index is 748. The summed E-state index contributed by atoms with van der Waals surface area (Å²) in [6.45, 7) is 0.619. The maximum atomic E-state index is 13.1. The van der Waals surface area contributed by atoms with Crippen LogP contribution >= 0.6 is 0 Å². The molecule has 1 aliphatic heterocycles. The standard InChI is InChI=1S/C18H20FN3O2/c1-21(2)16-7-9-20-11-15(16)17(23)22-10-8-18(24,12-22)13-3-5-14(19)6-4-13/h3-7,9,11,24H,8,10,12H2,1-2H3. The molecule has 24 heavy (non-hydrogen) atoms. The Balaban J connectivity index is 1.83. The number of hydrogen-bond acceptors (Lipinski definition) is 4. The third-order valence-corrected chi connectivity index (χ3v) is 4.43. The molecule has 1 N–H and O–H groups in total. The highest BCUT2D eigenvalue weighted by Crippen LogP contribution is 2.33. The van der Waals surface area contributed by atoms with Gasteiger partial charge >= 0.3 is 0 Å². The van der Waals surface area contributed by atoms with Crippen molar-refractivity contribution in [3.8, 4) is 0 Å². The lowest BCUT2D eigenvalue weighted by Crippen LogP contribution is -2.35. The summed E-state index contributed by atoms with van der Waals surface area (Å²) in [7, 11) is 3.73. The van der Waals surface area contributed by atoms with E-state index in [0.717, 1.165) is 5.69 Å². The van der Waals surface area contributed by atoms with Gasteiger partial charge in [-0.2, -0.15) is 0 Å². The minimum Gasteiger partial charge on any atom is -0.383 e. The molecule has 2 heterocycles. The molecule has 6 heteroatoms. The van der Waals surface area contributed by atoms with Gasteiger partial charge < -0.3 is 14.9 Å². The first kappa shape index (κ1) is 16.4. The fourth-order valence-electron chi connectivity index (χ4n) is 3.08. The van der Waals surface area contributed by atoms with E-state index in [-0.39, 0.29) is 18.3 Å². The second kappa shape index (κ2) is 6.20. The number of pyridine rings is 1. The van der Waals surface area contributed by atoms with E-state index in [1.807, 2.05) is 19.0 Å². The van der Waals surface area contributed by atoms with Crippen LogP contribution in [0.3, 0.4) is 0 Å². The average molecular weight is 329 g/mol. The smallest absolute Gasteiger partial charge is 0.257 e. The predicted octanol–water partition coefficient (Wildman–Crippen LogP) is 2.02. The van der Waals surface area contributed by atoms with E-state index in [4.69, 9.17) is 0 Å². The van der Waals surface area contributed by atoms with E-state index >= 15 is 0 Å². The molecule has 1 saturated heterocycles. The van der Waals surface area contributed by atoms with Crippen LogP contribution in [-0.2, 0) is 5.60 Å². The summed E-state index contributed by atoms with van der Waals surface area (Å²) in [5.41, 5.74) is 0.764. The summed E-state index contributed by atoms with van der Waals surface area (Å²) in [6.07, 6.45) is 3.61. The second-order valence-corrected chi connectivity index (χ2v) is 6.30. The number of carbonyl (C=O) groups excluding carboxylic acids is 1. The molecule has 1 amide bonds. The van der Waals surface area contributed by atoms with E-state index in [9.17, 15) is 14.3 Å². The molecule has 0 radical (unpaired) electrons. The number of aliphatic hydroxyl groups is 1. The SMILES string of the molecule is CN(C)c1ccncc1C(=O)N1CCC(O)(c2ccc(F)cc2)C1. The number of nitrogens with zero attached hydrogens (tertiary/aromatic N) is 3. The number of likely N-dealkylation sites (tertiary alicyclic amines) is 1. The van der Waals surface area contributed by atoms with Gasteiger partial charge in [0, 0.05) is 33.0 Å². The van der Waals surface area contributed by atoms with Crippen LogP contribution < -0.4 is 4.90 Å². The lowest BCUT2D eigenvalue weighted by atomic mass is 9.93. The number of anilines is 1. The van der Waals surface area contributed by atoms with Crippen molar-refractivity contribution in [2.24, 2.45) is 0 Å². The van der Waals surface area contributed by atoms with Gasteiger partial charge in [-0.15, -0.1) is 0 Å². The van der Waals surface area contributed by atoms with Crippen molar-refractivity contribution in [3.63, 3.8) is 0 Å². The van der Waals surface area contributed by atoms with Crippen LogP contribution in [0.25, 0.3) is 0 Å². The van der Waals surface area contributed by atoms with Crippen LogP contribution in [0, 0.1) is 5.82 Å². The third kappa shape index (κ3) is 2.97. The quantitative estimate of drug-likeness (QED) is 0.936. The predicted molar refractivity (Wildman–Crippen MR) is 89.4 cm³/mol. The summed E-state index contributed by atoms with van der Waals surface area (Å²) < 4.78 is 13.1. The van der Waals surface area contributed by atoms with E-state index < -0.39 is 5.60 Å². The molecule has 2 aromatic rings. The number of β-amino-alcohol motifs (C(OH)–C–C–N with tert-alkyl or cyclic N) is 1. The van der Waals surface area contributed by atoms with Gasteiger partial charge in [-0.3, -0.25) is 9.78 Å². The van der Waals surface area contributed by atoms with Crippen molar-refractivity contribution in [2.45, 2.75) is 12.0 Å². The lowest BCUT2D eigenvalue weighted by Gasteiger charge is -2.25. The van der Waals surface area contributed by atoms with E-state index in [0.29, 0.717) is 24.1 Å². The summed E-state index contributed by atoms with van der Waals surface area (Å²) in [4.78, 5) is 20.4. The van der Waals surface area contributed by atoms with Gasteiger partial charge in [0.05, 0.1) is 17.8 Å². The highest BCUT2D eigenvalue weighted by atomic mass is 19.1. The van der Waals surface area contributed by atoms with Crippen molar-refractivity contribution in [1.82, 2.24) is 9.88 Å². The molecule has 1 atom stereocenters. The number of rotatable bonds is 3. The Morgan fingerprint density at radius 2 is 2.00 bits per heavy atom. The molecule has 3 rings (SSSR count). The Morgan fingerprint density at radius 1 is 1.29 bits per heavy atom. The molecule has 0 bridgehead atoms. The van der Waals surface area contributed by atoms with Crippen LogP contribution in [-0.4, -0.2) is 48.1 Å². The van der Waals surface area contributed by atoms with Gasteiger partial charge in [-0.05, 0) is 30.2 Å². The summed E-state index contributed by atoms with van der Waals surface area (Å²) in [5, 5.41) is 10.9. The fraction of sp³-hybridized carbons (Fsp3) is 0.333. The van der Waals surface area contributed by atoms with Crippen molar-refractivity contribution in [3.05, 3.63) is 59.7 Å². The highest BCUT2D eigenvalue weighted by Gasteiger charge is 2.40. The normalized spacial score (nSPS) is 20.2. The maximum Gasteiger partial charge on any atom is 0.257 e. The molecular formula is C18H20FN3O2. The molecule has 1 aromatic carbocycles. The molecule has 1 unspecified atom stereocenters. The van der Waals surface area contributed by atoms with Crippen molar-refractivity contribution >= 4 is 11.6 Å². The van der Waals surface area contributed by atoms with Gasteiger partial charge in [0.1, 0.15) is 11.4 Å². The van der Waals surface area contributed by atoms with Crippen LogP contribution in [0.1, 0.15) is 22.3 Å². The van der Waals surface area contributed by atoms with Gasteiger partial charge in [-0.1, -0.05) is 12.1 Å². The molecule has 1 aromatic heterocycles. The molecule has 1 aliphatic rings. The molecule has 5 nitrogen and oxygen atoms in total. The summed E-state index contributed by atoms with van der Waals surface area (Å²) in [6, 6.07) is 7.57. The molecule has 1 fully saturated rings. The largest absolute Gasteiger partial charge is 0.383 e. The van der Waals surface area contributed by atoms with Crippen molar-refractivity contribution in [1.29, 1.82) is 0 Å². The first-order valence-electron chi connectivity index (χ1n) is 7.80. The number of benzene rings is 1. The zero-order valence-electron chi connectivity index (χ0n) is 13.7. The van der Waals surface area contributed by atoms with Crippen LogP contribution in [0.5, 0.6) is 0 Å². The summed E-state index contributed by atoms with van der Waals surface area (Å²) in [5.74, 6) is -0.510. The van der Waals surface area contributed by atoms with Crippen molar-refractivity contribution < 1.29 is 14.3 Å². The van der Waals surface area contributed by atoms with Crippen LogP contribution in [0.15, 0.2) is 42.7 Å². The average Bonchev–Trinajstić information content (AvgIpc) is 2.98. The zero-order valence-corrected chi connectivity index (χ0v) is 13.7. The zero-order chi connectivity index (χ0) is 17.3. The van der Waals surface area contributed by atoms with Gasteiger partial charge in [0.15, 0.2) is 0 Å². The molecule has 126 valence electrons. The second-order valence-electron chi connectivity index (χ2n) is 6.30. The maximum absolute atomic E-state index is 13.1. The molecule has 0 saturated carbocycles. The molecule has 0 aliphatic carbocycles. The molecular weight excluding hydrogens is 309 g/mol. The van der Waals surface area contributed by atoms with Crippen LogP contribution in [0.4, 0.5) is 10.1 Å². The number of carbonyl (C=O) groups is 1. The highest BCUT2D eigenvalue weighted by molar-refractivity contribution is 5.99. The molecule has 0 spiro atoms. The topological polar surface area (TPSA) is 56.7 Å². The number of hydrogen-bond donors (Lipinski definition) is 1. The number of halogens is 1. The van der Waals surface area contributed by atoms with Crippen LogP contribution in [0.2, 0.25) is 0 Å².